The zero-order valence-electron chi connectivity index (χ0n) is 11.4. The first-order chi connectivity index (χ1) is 9.29. The van der Waals surface area contributed by atoms with Gasteiger partial charge in [0.2, 0.25) is 0 Å². The number of rotatable bonds is 3. The summed E-state index contributed by atoms with van der Waals surface area (Å²) in [6.45, 7) is 4.72. The number of pyridine rings is 1. The lowest BCUT2D eigenvalue weighted by molar-refractivity contribution is 0.0781. The minimum Gasteiger partial charge on any atom is -0.383 e. The molecule has 4 heteroatoms. The number of carbonyl (C=O) groups is 1. The van der Waals surface area contributed by atoms with E-state index in [0.29, 0.717) is 0 Å². The summed E-state index contributed by atoms with van der Waals surface area (Å²) in [5, 5.41) is 3.22. The Morgan fingerprint density at radius 3 is 2.84 bits per heavy atom. The molecule has 4 nitrogen and oxygen atoms in total. The van der Waals surface area contributed by atoms with Crippen molar-refractivity contribution in [3.63, 3.8) is 0 Å². The molecule has 1 N–H and O–H groups in total. The molecule has 0 aromatic carbocycles. The minimum absolute atomic E-state index is 0.160. The fourth-order valence-electron chi connectivity index (χ4n) is 3.48. The number of nitrogens with one attached hydrogen (secondary N) is 1. The van der Waals surface area contributed by atoms with E-state index in [4.69, 9.17) is 0 Å². The molecule has 1 aliphatic heterocycles. The van der Waals surface area contributed by atoms with Gasteiger partial charge in [-0.3, -0.25) is 9.78 Å². The van der Waals surface area contributed by atoms with Gasteiger partial charge in [-0.1, -0.05) is 6.42 Å². The Bertz CT molecular complexity index is 462. The fourth-order valence-corrected chi connectivity index (χ4v) is 3.48. The first-order valence-electron chi connectivity index (χ1n) is 7.26. The van der Waals surface area contributed by atoms with E-state index in [-0.39, 0.29) is 5.91 Å². The van der Waals surface area contributed by atoms with Gasteiger partial charge in [0.1, 0.15) is 0 Å². The number of aromatic nitrogens is 1. The Morgan fingerprint density at radius 2 is 2.16 bits per heavy atom. The number of anilines is 1. The van der Waals surface area contributed by atoms with Crippen LogP contribution in [-0.2, 0) is 0 Å². The van der Waals surface area contributed by atoms with Crippen LogP contribution in [0.5, 0.6) is 0 Å². The molecule has 3 rings (SSSR count). The molecule has 2 aliphatic rings. The Labute approximate surface area is 114 Å². The molecule has 0 radical (unpaired) electrons. The normalized spacial score (nSPS) is 25.4. The van der Waals surface area contributed by atoms with E-state index in [1.165, 1.54) is 19.3 Å². The lowest BCUT2D eigenvalue weighted by Crippen LogP contribution is -2.30. The Morgan fingerprint density at radius 1 is 1.42 bits per heavy atom. The average molecular weight is 259 g/mol. The summed E-state index contributed by atoms with van der Waals surface area (Å²) in [5.41, 5.74) is 1.61. The Hall–Kier alpha value is -1.58. The second kappa shape index (κ2) is 5.19. The maximum atomic E-state index is 12.6. The summed E-state index contributed by atoms with van der Waals surface area (Å²) in [5.74, 6) is 1.65. The molecule has 2 fully saturated rings. The van der Waals surface area contributed by atoms with Gasteiger partial charge >= 0.3 is 0 Å². The first-order valence-corrected chi connectivity index (χ1v) is 7.26. The molecule has 2 atom stereocenters. The molecule has 2 heterocycles. The van der Waals surface area contributed by atoms with Crippen molar-refractivity contribution in [3.8, 4) is 0 Å². The monoisotopic (exact) mass is 259 g/mol. The van der Waals surface area contributed by atoms with Crippen LogP contribution < -0.4 is 5.32 Å². The predicted molar refractivity (Wildman–Crippen MR) is 75.1 cm³/mol. The zero-order chi connectivity index (χ0) is 13.2. The highest BCUT2D eigenvalue weighted by Gasteiger charge is 2.38. The van der Waals surface area contributed by atoms with Crippen molar-refractivity contribution in [1.82, 2.24) is 9.88 Å². The Balaban J connectivity index is 1.77. The number of nitrogens with zero attached hydrogens (tertiary/aromatic N) is 2. The number of hydrogen-bond donors (Lipinski definition) is 1. The number of amides is 1. The quantitative estimate of drug-likeness (QED) is 0.906. The van der Waals surface area contributed by atoms with Crippen molar-refractivity contribution in [2.75, 3.05) is 25.0 Å². The van der Waals surface area contributed by atoms with Crippen molar-refractivity contribution >= 4 is 11.6 Å². The second-order valence-electron chi connectivity index (χ2n) is 5.61. The third kappa shape index (κ3) is 2.31. The van der Waals surface area contributed by atoms with Crippen LogP contribution in [0.25, 0.3) is 0 Å². The van der Waals surface area contributed by atoms with E-state index < -0.39 is 0 Å². The lowest BCUT2D eigenvalue weighted by atomic mass is 10.0. The molecule has 2 unspecified atom stereocenters. The van der Waals surface area contributed by atoms with E-state index in [9.17, 15) is 4.79 Å². The maximum absolute atomic E-state index is 12.6. The summed E-state index contributed by atoms with van der Waals surface area (Å²) in [6, 6.07) is 1.83. The number of hydrogen-bond acceptors (Lipinski definition) is 3. The molecule has 1 amide bonds. The third-order valence-corrected chi connectivity index (χ3v) is 4.43. The molecular weight excluding hydrogens is 238 g/mol. The van der Waals surface area contributed by atoms with Gasteiger partial charge in [-0.25, -0.2) is 0 Å². The molecule has 102 valence electrons. The third-order valence-electron chi connectivity index (χ3n) is 4.43. The predicted octanol–water partition coefficient (Wildman–Crippen LogP) is 2.39. The molecule has 19 heavy (non-hydrogen) atoms. The van der Waals surface area contributed by atoms with Crippen molar-refractivity contribution in [2.45, 2.75) is 26.2 Å². The van der Waals surface area contributed by atoms with Gasteiger partial charge in [-0.05, 0) is 37.7 Å². The van der Waals surface area contributed by atoms with E-state index in [2.05, 4.69) is 10.3 Å². The van der Waals surface area contributed by atoms with Crippen LogP contribution in [0, 0.1) is 11.8 Å². The number of carbonyl (C=O) groups excluding carboxylic acids is 1. The largest absolute Gasteiger partial charge is 0.383 e. The zero-order valence-corrected chi connectivity index (χ0v) is 11.4. The van der Waals surface area contributed by atoms with Gasteiger partial charge < -0.3 is 10.2 Å². The van der Waals surface area contributed by atoms with Crippen LogP contribution >= 0.6 is 0 Å². The van der Waals surface area contributed by atoms with Gasteiger partial charge in [-0.2, -0.15) is 0 Å². The molecule has 1 aromatic heterocycles. The van der Waals surface area contributed by atoms with E-state index in [1.807, 2.05) is 17.9 Å². The minimum atomic E-state index is 0.160. The second-order valence-corrected chi connectivity index (χ2v) is 5.61. The number of fused-ring (bicyclic) bond motifs is 1. The lowest BCUT2D eigenvalue weighted by Gasteiger charge is -2.19. The molecule has 0 spiro atoms. The van der Waals surface area contributed by atoms with E-state index in [1.54, 1.807) is 12.4 Å². The van der Waals surface area contributed by atoms with Crippen LogP contribution in [0.15, 0.2) is 18.5 Å². The highest BCUT2D eigenvalue weighted by atomic mass is 16.2. The summed E-state index contributed by atoms with van der Waals surface area (Å²) in [4.78, 5) is 18.8. The van der Waals surface area contributed by atoms with Gasteiger partial charge in [0.05, 0.1) is 17.4 Å². The van der Waals surface area contributed by atoms with Gasteiger partial charge in [-0.15, -0.1) is 0 Å². The summed E-state index contributed by atoms with van der Waals surface area (Å²) in [7, 11) is 0. The van der Waals surface area contributed by atoms with E-state index >= 15 is 0 Å². The Kier molecular flexibility index (Phi) is 3.40. The average Bonchev–Trinajstić information content (AvgIpc) is 2.99. The van der Waals surface area contributed by atoms with Crippen LogP contribution in [0.2, 0.25) is 0 Å². The smallest absolute Gasteiger partial charge is 0.256 e. The topological polar surface area (TPSA) is 45.2 Å². The van der Waals surface area contributed by atoms with E-state index in [0.717, 1.165) is 42.7 Å². The van der Waals surface area contributed by atoms with Crippen LogP contribution in [0.1, 0.15) is 36.5 Å². The van der Waals surface area contributed by atoms with Crippen LogP contribution in [0.4, 0.5) is 5.69 Å². The van der Waals surface area contributed by atoms with Crippen molar-refractivity contribution in [1.29, 1.82) is 0 Å². The van der Waals surface area contributed by atoms with Crippen molar-refractivity contribution < 1.29 is 4.79 Å². The molecule has 1 aromatic rings. The number of likely N-dealkylation sites (tertiary alicyclic amines) is 1. The maximum Gasteiger partial charge on any atom is 0.256 e. The van der Waals surface area contributed by atoms with Crippen LogP contribution in [-0.4, -0.2) is 35.4 Å². The van der Waals surface area contributed by atoms with Gasteiger partial charge in [0.15, 0.2) is 0 Å². The molecule has 1 saturated carbocycles. The SMILES string of the molecule is CCNc1cnccc1C(=O)N1CC2CCCC2C1. The highest BCUT2D eigenvalue weighted by Crippen LogP contribution is 2.38. The summed E-state index contributed by atoms with van der Waals surface area (Å²) < 4.78 is 0. The van der Waals surface area contributed by atoms with Gasteiger partial charge in [0, 0.05) is 25.8 Å². The first kappa shape index (κ1) is 12.5. The summed E-state index contributed by atoms with van der Waals surface area (Å²) >= 11 is 0. The van der Waals surface area contributed by atoms with Crippen molar-refractivity contribution in [2.24, 2.45) is 11.8 Å². The van der Waals surface area contributed by atoms with Crippen molar-refractivity contribution in [3.05, 3.63) is 24.0 Å². The standard InChI is InChI=1S/C15H21N3O/c1-2-17-14-8-16-7-6-13(14)15(19)18-9-11-4-3-5-12(11)10-18/h6-8,11-12,17H,2-5,9-10H2,1H3. The highest BCUT2D eigenvalue weighted by molar-refractivity contribution is 5.99. The molecule has 0 bridgehead atoms. The molecule has 1 aliphatic carbocycles. The van der Waals surface area contributed by atoms with Crippen LogP contribution in [0.3, 0.4) is 0 Å². The molecular formula is C15H21N3O. The molecule has 1 saturated heterocycles. The fraction of sp³-hybridized carbons (Fsp3) is 0.600. The summed E-state index contributed by atoms with van der Waals surface area (Å²) in [6.07, 6.45) is 7.38. The van der Waals surface area contributed by atoms with Gasteiger partial charge in [0.25, 0.3) is 5.91 Å².